The van der Waals surface area contributed by atoms with Gasteiger partial charge in [0.25, 0.3) is 5.91 Å². The quantitative estimate of drug-likeness (QED) is 0.0974. The second-order valence-corrected chi connectivity index (χ2v) is 13.0. The largest absolute Gasteiger partial charge is 0.490 e. The number of ether oxygens (including phenoxy) is 2. The average molecular weight is 806 g/mol. The first-order valence-corrected chi connectivity index (χ1v) is 16.5. The van der Waals surface area contributed by atoms with Gasteiger partial charge in [0.15, 0.2) is 0 Å². The summed E-state index contributed by atoms with van der Waals surface area (Å²) >= 11 is 0. The predicted molar refractivity (Wildman–Crippen MR) is 185 cm³/mol. The summed E-state index contributed by atoms with van der Waals surface area (Å²) in [4.78, 5) is 61.8. The SMILES string of the molecule is Cc1cc(COc2ccc(C(=O)N[C@@H]3CN(CCNC(=O)OC(C)(C)C)CC[C@@H]3C(=O)NO)cc2)c2ccccc2n1.O=C(O)C(F)(F)F.O=C(O)C(F)(F)F. The monoisotopic (exact) mass is 805 g/mol. The molecule has 1 aliphatic rings. The van der Waals surface area contributed by atoms with Gasteiger partial charge in [0.1, 0.15) is 18.0 Å². The van der Waals surface area contributed by atoms with E-state index in [1.165, 1.54) is 0 Å². The lowest BCUT2D eigenvalue weighted by Gasteiger charge is -2.37. The number of para-hydroxylation sites is 1. The molecule has 6 N–H and O–H groups in total. The number of halogens is 6. The highest BCUT2D eigenvalue weighted by Gasteiger charge is 2.39. The van der Waals surface area contributed by atoms with Crippen LogP contribution in [-0.2, 0) is 25.7 Å². The number of nitrogens with zero attached hydrogens (tertiary/aromatic N) is 2. The molecule has 1 fully saturated rings. The average Bonchev–Trinajstić information content (AvgIpc) is 3.09. The Morgan fingerprint density at radius 1 is 0.911 bits per heavy atom. The third kappa shape index (κ3) is 16.0. The van der Waals surface area contributed by atoms with Gasteiger partial charge in [0, 0.05) is 41.8 Å². The molecule has 21 heteroatoms. The van der Waals surface area contributed by atoms with E-state index in [2.05, 4.69) is 15.6 Å². The summed E-state index contributed by atoms with van der Waals surface area (Å²) in [5, 5.41) is 30.2. The number of carboxylic acid groups (broad SMARTS) is 2. The Labute approximate surface area is 315 Å². The van der Waals surface area contributed by atoms with Gasteiger partial charge in [-0.2, -0.15) is 26.3 Å². The van der Waals surface area contributed by atoms with Crippen molar-refractivity contribution >= 4 is 40.7 Å². The van der Waals surface area contributed by atoms with Crippen LogP contribution in [0.4, 0.5) is 31.1 Å². The first-order valence-electron chi connectivity index (χ1n) is 16.5. The molecule has 0 unspecified atom stereocenters. The van der Waals surface area contributed by atoms with Crippen molar-refractivity contribution in [3.8, 4) is 5.75 Å². The Morgan fingerprint density at radius 3 is 2.02 bits per heavy atom. The summed E-state index contributed by atoms with van der Waals surface area (Å²) in [5.74, 6) is -6.39. The number of hydrogen-bond acceptors (Lipinski definition) is 10. The van der Waals surface area contributed by atoms with Crippen LogP contribution >= 0.6 is 0 Å². The van der Waals surface area contributed by atoms with Crippen LogP contribution in [0.25, 0.3) is 10.9 Å². The molecule has 15 nitrogen and oxygen atoms in total. The fourth-order valence-electron chi connectivity index (χ4n) is 5.03. The molecule has 3 amide bonds. The lowest BCUT2D eigenvalue weighted by Crippen LogP contribution is -2.57. The van der Waals surface area contributed by atoms with Crippen LogP contribution in [0.3, 0.4) is 0 Å². The maximum Gasteiger partial charge on any atom is 0.490 e. The number of fused-ring (bicyclic) bond motifs is 1. The molecule has 2 atom stereocenters. The lowest BCUT2D eigenvalue weighted by atomic mass is 9.90. The van der Waals surface area contributed by atoms with Gasteiger partial charge in [-0.05, 0) is 77.1 Å². The number of aryl methyl sites for hydroxylation is 1. The van der Waals surface area contributed by atoms with Crippen molar-refractivity contribution < 1.29 is 75.2 Å². The Balaban J connectivity index is 0.000000657. The molecule has 1 aliphatic heterocycles. The fourth-order valence-corrected chi connectivity index (χ4v) is 5.03. The predicted octanol–water partition coefficient (Wildman–Crippen LogP) is 4.84. The molecule has 0 spiro atoms. The third-order valence-corrected chi connectivity index (χ3v) is 7.48. The Hall–Kier alpha value is -5.70. The molecule has 2 heterocycles. The molecule has 1 saturated heterocycles. The maximum atomic E-state index is 13.1. The standard InChI is InChI=1S/C31H39N5O6.2C2HF3O2/c1-20-17-22(24-7-5-6-8-26(24)33-20)19-41-23-11-9-21(10-12-23)28(37)34-27-18-36(15-13-25(27)29(38)35-40)16-14-32-30(39)42-31(2,3)4;2*3-2(4,5)1(6)7/h5-12,17,25,27,40H,13-16,18-19H2,1-4H3,(H,32,39)(H,34,37)(H,35,38);2*(H,6,7)/t25-,27+;;/m0../s1. The first kappa shape index (κ1) is 46.5. The van der Waals surface area contributed by atoms with E-state index in [0.29, 0.717) is 50.5 Å². The minimum Gasteiger partial charge on any atom is -0.489 e. The van der Waals surface area contributed by atoms with Crippen molar-refractivity contribution in [3.63, 3.8) is 0 Å². The zero-order valence-electron chi connectivity index (χ0n) is 30.5. The summed E-state index contributed by atoms with van der Waals surface area (Å²) in [6, 6.07) is 16.2. The van der Waals surface area contributed by atoms with Crippen molar-refractivity contribution in [2.75, 3.05) is 26.2 Å². The number of benzene rings is 2. The first-order chi connectivity index (χ1) is 25.9. The number of alkyl carbamates (subject to hydrolysis) is 1. The van der Waals surface area contributed by atoms with Crippen LogP contribution in [0.1, 0.15) is 48.8 Å². The zero-order valence-corrected chi connectivity index (χ0v) is 30.5. The van der Waals surface area contributed by atoms with Crippen LogP contribution in [0.2, 0.25) is 0 Å². The van der Waals surface area contributed by atoms with Gasteiger partial charge in [-0.25, -0.2) is 19.9 Å². The number of hydrogen-bond donors (Lipinski definition) is 6. The van der Waals surface area contributed by atoms with Crippen LogP contribution in [0, 0.1) is 12.8 Å². The van der Waals surface area contributed by atoms with Crippen LogP contribution in [-0.4, -0.2) is 105 Å². The van der Waals surface area contributed by atoms with Crippen LogP contribution < -0.4 is 20.9 Å². The normalized spacial score (nSPS) is 15.8. The van der Waals surface area contributed by atoms with Gasteiger partial charge in [-0.15, -0.1) is 0 Å². The van der Waals surface area contributed by atoms with E-state index < -0.39 is 53.9 Å². The number of rotatable bonds is 9. The van der Waals surface area contributed by atoms with Crippen LogP contribution in [0.5, 0.6) is 5.75 Å². The second kappa shape index (κ2) is 20.3. The molecule has 56 heavy (non-hydrogen) atoms. The summed E-state index contributed by atoms with van der Waals surface area (Å²) in [6.45, 7) is 9.49. The number of amides is 3. The number of hydroxylamine groups is 1. The summed E-state index contributed by atoms with van der Waals surface area (Å²) < 4.78 is 74.7. The molecule has 0 aliphatic carbocycles. The van der Waals surface area contributed by atoms with Gasteiger partial charge in [0.05, 0.1) is 17.5 Å². The van der Waals surface area contributed by atoms with Gasteiger partial charge in [-0.3, -0.25) is 24.7 Å². The number of carbonyl (C=O) groups excluding carboxylic acids is 3. The number of carbonyl (C=O) groups is 5. The number of aromatic nitrogens is 1. The van der Waals surface area contributed by atoms with Crippen molar-refractivity contribution in [3.05, 3.63) is 71.4 Å². The number of alkyl halides is 6. The fraction of sp³-hybridized carbons (Fsp3) is 0.429. The maximum absolute atomic E-state index is 13.1. The zero-order chi connectivity index (χ0) is 42.4. The Bertz CT molecular complexity index is 1790. The van der Waals surface area contributed by atoms with Gasteiger partial charge < -0.3 is 30.3 Å². The van der Waals surface area contributed by atoms with E-state index in [-0.39, 0.29) is 5.91 Å². The van der Waals surface area contributed by atoms with E-state index in [9.17, 15) is 45.9 Å². The number of likely N-dealkylation sites (tertiary alicyclic amines) is 1. The Morgan fingerprint density at radius 2 is 1.48 bits per heavy atom. The van der Waals surface area contributed by atoms with Crippen molar-refractivity contribution in [2.45, 2.75) is 64.7 Å². The minimum atomic E-state index is -5.08. The number of nitrogens with one attached hydrogen (secondary N) is 3. The van der Waals surface area contributed by atoms with E-state index in [1.807, 2.05) is 42.2 Å². The Kier molecular flexibility index (Phi) is 16.8. The molecular weight excluding hydrogens is 764 g/mol. The van der Waals surface area contributed by atoms with Crippen LogP contribution in [0.15, 0.2) is 54.6 Å². The molecular formula is C35H41F6N5O10. The lowest BCUT2D eigenvalue weighted by molar-refractivity contribution is -0.193. The highest BCUT2D eigenvalue weighted by atomic mass is 19.4. The molecule has 0 saturated carbocycles. The molecule has 3 aromatic rings. The highest BCUT2D eigenvalue weighted by molar-refractivity contribution is 5.95. The van der Waals surface area contributed by atoms with E-state index in [0.717, 1.165) is 22.2 Å². The number of piperidine rings is 1. The molecule has 4 rings (SSSR count). The molecule has 2 aromatic carbocycles. The van der Waals surface area contributed by atoms with Crippen molar-refractivity contribution in [1.29, 1.82) is 0 Å². The summed E-state index contributed by atoms with van der Waals surface area (Å²) in [5.41, 5.74) is 4.39. The summed E-state index contributed by atoms with van der Waals surface area (Å²) in [6.07, 6.45) is -10.2. The molecule has 1 aromatic heterocycles. The van der Waals surface area contributed by atoms with E-state index in [4.69, 9.17) is 29.3 Å². The van der Waals surface area contributed by atoms with Gasteiger partial charge in [0.2, 0.25) is 5.91 Å². The number of pyridine rings is 1. The second-order valence-electron chi connectivity index (χ2n) is 13.0. The number of carboxylic acids is 2. The minimum absolute atomic E-state index is 0.341. The van der Waals surface area contributed by atoms with E-state index >= 15 is 0 Å². The third-order valence-electron chi connectivity index (χ3n) is 7.48. The molecule has 0 bridgehead atoms. The smallest absolute Gasteiger partial charge is 0.489 e. The van der Waals surface area contributed by atoms with E-state index in [1.54, 1.807) is 50.5 Å². The van der Waals surface area contributed by atoms with Gasteiger partial charge >= 0.3 is 30.4 Å². The van der Waals surface area contributed by atoms with Crippen molar-refractivity contribution in [1.82, 2.24) is 26.0 Å². The molecule has 0 radical (unpaired) electrons. The number of aliphatic carboxylic acids is 2. The highest BCUT2D eigenvalue weighted by Crippen LogP contribution is 2.23. The topological polar surface area (TPSA) is 217 Å². The van der Waals surface area contributed by atoms with Gasteiger partial charge in [-0.1, -0.05) is 18.2 Å². The molecule has 308 valence electrons. The van der Waals surface area contributed by atoms with Crippen molar-refractivity contribution in [2.24, 2.45) is 5.92 Å². The summed E-state index contributed by atoms with van der Waals surface area (Å²) in [7, 11) is 0.